The van der Waals surface area contributed by atoms with E-state index in [1.807, 2.05) is 19.4 Å². The second kappa shape index (κ2) is 6.64. The Morgan fingerprint density at radius 1 is 1.32 bits per heavy atom. The van der Waals surface area contributed by atoms with Gasteiger partial charge in [0.05, 0.1) is 0 Å². The van der Waals surface area contributed by atoms with Crippen LogP contribution in [0.15, 0.2) is 36.7 Å². The van der Waals surface area contributed by atoms with Gasteiger partial charge in [0.2, 0.25) is 0 Å². The van der Waals surface area contributed by atoms with E-state index in [0.717, 1.165) is 13.0 Å². The zero-order valence-corrected chi connectivity index (χ0v) is 11.9. The lowest BCUT2D eigenvalue weighted by atomic mass is 9.93. The van der Waals surface area contributed by atoms with Crippen LogP contribution in [0, 0.1) is 5.92 Å². The van der Waals surface area contributed by atoms with Crippen LogP contribution in [0.5, 0.6) is 0 Å². The van der Waals surface area contributed by atoms with E-state index in [2.05, 4.69) is 41.5 Å². The minimum absolute atomic E-state index is 0.332. The lowest BCUT2D eigenvalue weighted by molar-refractivity contribution is 0.150. The van der Waals surface area contributed by atoms with Crippen molar-refractivity contribution in [3.63, 3.8) is 0 Å². The predicted molar refractivity (Wildman–Crippen MR) is 79.2 cm³/mol. The fraction of sp³-hybridized carbons (Fsp3) is 0.438. The van der Waals surface area contributed by atoms with Gasteiger partial charge in [0.1, 0.15) is 0 Å². The third-order valence-corrected chi connectivity index (χ3v) is 3.53. The van der Waals surface area contributed by atoms with Crippen LogP contribution in [-0.4, -0.2) is 25.7 Å². The molecule has 19 heavy (non-hydrogen) atoms. The van der Waals surface area contributed by atoms with Gasteiger partial charge in [-0.15, -0.1) is 0 Å². The summed E-state index contributed by atoms with van der Waals surface area (Å²) in [7, 11) is 3.77. The van der Waals surface area contributed by atoms with Gasteiger partial charge in [-0.25, -0.2) is 0 Å². The first-order valence-corrected chi connectivity index (χ1v) is 6.75. The Balaban J connectivity index is 2.30. The average molecular weight is 258 g/mol. The van der Waals surface area contributed by atoms with Crippen molar-refractivity contribution in [1.29, 1.82) is 0 Å². The molecular formula is C16H22N2O. The third-order valence-electron chi connectivity index (χ3n) is 3.53. The van der Waals surface area contributed by atoms with Crippen LogP contribution in [-0.2, 0) is 4.74 Å². The second-order valence-corrected chi connectivity index (χ2v) is 5.08. The third kappa shape index (κ3) is 3.31. The number of hydrogen-bond acceptors (Lipinski definition) is 3. The average Bonchev–Trinajstić information content (AvgIpc) is 2.44. The lowest BCUT2D eigenvalue weighted by Crippen LogP contribution is -2.21. The van der Waals surface area contributed by atoms with E-state index in [1.54, 1.807) is 7.11 Å². The zero-order chi connectivity index (χ0) is 13.7. The van der Waals surface area contributed by atoms with Crippen LogP contribution in [0.2, 0.25) is 0 Å². The molecule has 2 atom stereocenters. The molecule has 1 aromatic heterocycles. The van der Waals surface area contributed by atoms with Gasteiger partial charge in [-0.1, -0.05) is 25.1 Å². The molecule has 0 amide bonds. The van der Waals surface area contributed by atoms with Gasteiger partial charge >= 0.3 is 0 Å². The van der Waals surface area contributed by atoms with E-state index in [1.165, 1.54) is 16.3 Å². The summed E-state index contributed by atoms with van der Waals surface area (Å²) in [6.45, 7) is 3.01. The van der Waals surface area contributed by atoms with E-state index in [4.69, 9.17) is 4.74 Å². The Bertz CT molecular complexity index is 522. The maximum atomic E-state index is 5.23. The number of hydrogen-bond donors (Lipinski definition) is 1. The monoisotopic (exact) mass is 258 g/mol. The molecule has 2 unspecified atom stereocenters. The first-order valence-electron chi connectivity index (χ1n) is 6.75. The van der Waals surface area contributed by atoms with Crippen LogP contribution >= 0.6 is 0 Å². The van der Waals surface area contributed by atoms with E-state index in [0.29, 0.717) is 12.0 Å². The van der Waals surface area contributed by atoms with Gasteiger partial charge in [-0.05, 0) is 36.4 Å². The number of fused-ring (bicyclic) bond motifs is 1. The second-order valence-electron chi connectivity index (χ2n) is 5.08. The summed E-state index contributed by atoms with van der Waals surface area (Å²) in [4.78, 5) is 4.25. The molecule has 0 aliphatic rings. The number of nitrogens with zero attached hydrogens (tertiary/aromatic N) is 1. The highest BCUT2D eigenvalue weighted by molar-refractivity contribution is 5.85. The molecule has 102 valence electrons. The molecule has 0 saturated heterocycles. The normalized spacial score (nSPS) is 14.5. The molecule has 0 bridgehead atoms. The van der Waals surface area contributed by atoms with E-state index >= 15 is 0 Å². The molecule has 0 fully saturated rings. The fourth-order valence-corrected chi connectivity index (χ4v) is 2.60. The van der Waals surface area contributed by atoms with Crippen molar-refractivity contribution in [1.82, 2.24) is 10.3 Å². The number of ether oxygens (including phenoxy) is 1. The molecule has 0 aliphatic carbocycles. The summed E-state index contributed by atoms with van der Waals surface area (Å²) >= 11 is 0. The molecule has 0 saturated carbocycles. The largest absolute Gasteiger partial charge is 0.384 e. The molecular weight excluding hydrogens is 236 g/mol. The molecule has 3 nitrogen and oxygen atoms in total. The Morgan fingerprint density at radius 2 is 2.16 bits per heavy atom. The van der Waals surface area contributed by atoms with Gasteiger partial charge in [0, 0.05) is 37.5 Å². The number of methoxy groups -OCH3 is 1. The molecule has 1 aromatic carbocycles. The fourth-order valence-electron chi connectivity index (χ4n) is 2.60. The van der Waals surface area contributed by atoms with Gasteiger partial charge in [-0.2, -0.15) is 0 Å². The summed E-state index contributed by atoms with van der Waals surface area (Å²) in [5, 5.41) is 5.89. The van der Waals surface area contributed by atoms with E-state index < -0.39 is 0 Å². The summed E-state index contributed by atoms with van der Waals surface area (Å²) in [6, 6.07) is 8.82. The summed E-state index contributed by atoms with van der Waals surface area (Å²) in [5.74, 6) is 0.523. The van der Waals surface area contributed by atoms with Crippen LogP contribution in [0.25, 0.3) is 10.8 Å². The van der Waals surface area contributed by atoms with Crippen LogP contribution < -0.4 is 5.32 Å². The maximum absolute atomic E-state index is 5.23. The molecule has 0 spiro atoms. The molecule has 0 radical (unpaired) electrons. The van der Waals surface area contributed by atoms with Gasteiger partial charge in [0.15, 0.2) is 0 Å². The number of benzene rings is 1. The highest BCUT2D eigenvalue weighted by Crippen LogP contribution is 2.27. The standard InChI is InChI=1S/C16H22N2O/c1-12(11-19-3)9-16(17-2)14-6-4-5-13-7-8-18-10-15(13)14/h4-8,10,12,16-17H,9,11H2,1-3H3. The van der Waals surface area contributed by atoms with Crippen LogP contribution in [0.4, 0.5) is 0 Å². The summed E-state index contributed by atoms with van der Waals surface area (Å²) in [6.07, 6.45) is 4.85. The minimum atomic E-state index is 0.332. The van der Waals surface area contributed by atoms with Crippen molar-refractivity contribution in [2.24, 2.45) is 5.92 Å². The molecule has 3 heteroatoms. The predicted octanol–water partition coefficient (Wildman–Crippen LogP) is 3.17. The highest BCUT2D eigenvalue weighted by Gasteiger charge is 2.15. The molecule has 1 heterocycles. The minimum Gasteiger partial charge on any atom is -0.384 e. The molecule has 0 aliphatic heterocycles. The van der Waals surface area contributed by atoms with Crippen molar-refractivity contribution < 1.29 is 4.74 Å². The summed E-state index contributed by atoms with van der Waals surface area (Å²) in [5.41, 5.74) is 1.32. The molecule has 1 N–H and O–H groups in total. The first-order chi connectivity index (χ1) is 9.26. The van der Waals surface area contributed by atoms with Gasteiger partial charge in [-0.3, -0.25) is 4.98 Å². The SMILES string of the molecule is CNC(CC(C)COC)c1cccc2ccncc12. The van der Waals surface area contributed by atoms with Crippen LogP contribution in [0.1, 0.15) is 24.9 Å². The molecule has 2 aromatic rings. The first kappa shape index (κ1) is 14.0. The number of nitrogens with one attached hydrogen (secondary N) is 1. The van der Waals surface area contributed by atoms with Crippen molar-refractivity contribution in [3.8, 4) is 0 Å². The van der Waals surface area contributed by atoms with Crippen molar-refractivity contribution in [2.75, 3.05) is 20.8 Å². The van der Waals surface area contributed by atoms with E-state index in [9.17, 15) is 0 Å². The Morgan fingerprint density at radius 3 is 2.89 bits per heavy atom. The number of pyridine rings is 1. The Kier molecular flexibility index (Phi) is 4.88. The highest BCUT2D eigenvalue weighted by atomic mass is 16.5. The number of aromatic nitrogens is 1. The number of rotatable bonds is 6. The van der Waals surface area contributed by atoms with Gasteiger partial charge < -0.3 is 10.1 Å². The Labute approximate surface area is 115 Å². The van der Waals surface area contributed by atoms with Crippen molar-refractivity contribution >= 4 is 10.8 Å². The van der Waals surface area contributed by atoms with Crippen molar-refractivity contribution in [2.45, 2.75) is 19.4 Å². The van der Waals surface area contributed by atoms with Crippen molar-refractivity contribution in [3.05, 3.63) is 42.2 Å². The quantitative estimate of drug-likeness (QED) is 0.864. The molecule has 2 rings (SSSR count). The van der Waals surface area contributed by atoms with E-state index in [-0.39, 0.29) is 0 Å². The van der Waals surface area contributed by atoms with Crippen LogP contribution in [0.3, 0.4) is 0 Å². The van der Waals surface area contributed by atoms with Gasteiger partial charge in [0.25, 0.3) is 0 Å². The Hall–Kier alpha value is -1.45. The zero-order valence-electron chi connectivity index (χ0n) is 11.9. The topological polar surface area (TPSA) is 34.1 Å². The maximum Gasteiger partial charge on any atom is 0.0488 e. The lowest BCUT2D eigenvalue weighted by Gasteiger charge is -2.22. The smallest absolute Gasteiger partial charge is 0.0488 e. The summed E-state index contributed by atoms with van der Waals surface area (Å²) < 4.78 is 5.23.